The molecule has 0 aliphatic carbocycles. The van der Waals surface area contributed by atoms with Crippen molar-refractivity contribution in [3.63, 3.8) is 0 Å². The van der Waals surface area contributed by atoms with E-state index in [2.05, 4.69) is 50.4 Å². The summed E-state index contributed by atoms with van der Waals surface area (Å²) in [6.07, 6.45) is 0. The molecule has 0 amide bonds. The Hall–Kier alpha value is -1.45. The fraction of sp³-hybridized carbons (Fsp3) is 0.333. The smallest absolute Gasteiger partial charge is 0.124 e. The highest BCUT2D eigenvalue weighted by molar-refractivity contribution is 7.99. The molecule has 2 aromatic rings. The Morgan fingerprint density at radius 1 is 1.10 bits per heavy atom. The van der Waals surface area contributed by atoms with E-state index in [1.165, 1.54) is 26.5 Å². The van der Waals surface area contributed by atoms with Crippen LogP contribution in [-0.2, 0) is 0 Å². The molecule has 0 spiro atoms. The second kappa shape index (κ2) is 7.01. The summed E-state index contributed by atoms with van der Waals surface area (Å²) in [6.45, 7) is 6.45. The largest absolute Gasteiger partial charge is 0.496 e. The van der Waals surface area contributed by atoms with Crippen LogP contribution in [0.15, 0.2) is 46.2 Å². The zero-order chi connectivity index (χ0) is 15.4. The molecule has 3 heteroatoms. The first-order valence-corrected chi connectivity index (χ1v) is 7.97. The van der Waals surface area contributed by atoms with E-state index in [0.717, 1.165) is 5.75 Å². The molecule has 112 valence electrons. The minimum atomic E-state index is 0.246. The van der Waals surface area contributed by atoms with Crippen molar-refractivity contribution < 1.29 is 4.74 Å². The molecular formula is C18H23NOS. The Balaban J connectivity index is 2.41. The summed E-state index contributed by atoms with van der Waals surface area (Å²) in [7, 11) is 3.70. The van der Waals surface area contributed by atoms with Gasteiger partial charge in [-0.05, 0) is 63.2 Å². The van der Waals surface area contributed by atoms with Gasteiger partial charge in [0, 0.05) is 21.4 Å². The fourth-order valence-corrected chi connectivity index (χ4v) is 3.43. The quantitative estimate of drug-likeness (QED) is 0.861. The van der Waals surface area contributed by atoms with Gasteiger partial charge in [-0.15, -0.1) is 0 Å². The highest BCUT2D eigenvalue weighted by atomic mass is 32.2. The van der Waals surface area contributed by atoms with Gasteiger partial charge < -0.3 is 10.1 Å². The third-order valence-corrected chi connectivity index (χ3v) is 4.88. The highest BCUT2D eigenvalue weighted by Gasteiger charge is 2.15. The molecule has 0 heterocycles. The lowest BCUT2D eigenvalue weighted by Crippen LogP contribution is -2.14. The third kappa shape index (κ3) is 3.60. The molecule has 2 nitrogen and oxygen atoms in total. The van der Waals surface area contributed by atoms with Gasteiger partial charge >= 0.3 is 0 Å². The maximum absolute atomic E-state index is 5.54. The van der Waals surface area contributed by atoms with Crippen LogP contribution in [0.25, 0.3) is 0 Å². The normalized spacial score (nSPS) is 12.2. The van der Waals surface area contributed by atoms with Crippen LogP contribution in [0.5, 0.6) is 5.75 Å². The van der Waals surface area contributed by atoms with Crippen molar-refractivity contribution in [2.45, 2.75) is 36.6 Å². The number of rotatable bonds is 5. The molecule has 1 atom stereocenters. The van der Waals surface area contributed by atoms with Crippen LogP contribution in [0.1, 0.15) is 29.7 Å². The lowest BCUT2D eigenvalue weighted by molar-refractivity contribution is 0.401. The van der Waals surface area contributed by atoms with Gasteiger partial charge in [0.05, 0.1) is 7.11 Å². The van der Waals surface area contributed by atoms with Gasteiger partial charge in [0.15, 0.2) is 0 Å². The van der Waals surface area contributed by atoms with E-state index in [1.54, 1.807) is 18.9 Å². The SMILES string of the molecule is CNC(C)c1c(OC)cccc1Sc1ccc(C)c(C)c1. The topological polar surface area (TPSA) is 21.3 Å². The third-order valence-electron chi connectivity index (χ3n) is 3.82. The monoisotopic (exact) mass is 301 g/mol. The summed E-state index contributed by atoms with van der Waals surface area (Å²) in [4.78, 5) is 2.50. The van der Waals surface area contributed by atoms with Crippen LogP contribution in [0.3, 0.4) is 0 Å². The second-order valence-electron chi connectivity index (χ2n) is 5.23. The van der Waals surface area contributed by atoms with Crippen molar-refractivity contribution in [3.05, 3.63) is 53.1 Å². The van der Waals surface area contributed by atoms with Crippen molar-refractivity contribution in [1.29, 1.82) is 0 Å². The van der Waals surface area contributed by atoms with Gasteiger partial charge in [-0.3, -0.25) is 0 Å². The lowest BCUT2D eigenvalue weighted by atomic mass is 10.1. The van der Waals surface area contributed by atoms with Crippen LogP contribution < -0.4 is 10.1 Å². The van der Waals surface area contributed by atoms with Crippen LogP contribution in [0.4, 0.5) is 0 Å². The maximum atomic E-state index is 5.54. The predicted octanol–water partition coefficient (Wildman–Crippen LogP) is 4.74. The molecule has 0 radical (unpaired) electrons. The number of hydrogen-bond acceptors (Lipinski definition) is 3. The standard InChI is InChI=1S/C18H23NOS/c1-12-9-10-15(11-13(12)2)21-17-8-6-7-16(20-5)18(17)14(3)19-4/h6-11,14,19H,1-5H3. The molecule has 0 saturated heterocycles. The Kier molecular flexibility index (Phi) is 5.32. The Labute approximate surface area is 131 Å². The van der Waals surface area contributed by atoms with Crippen molar-refractivity contribution >= 4 is 11.8 Å². The molecule has 0 aliphatic rings. The van der Waals surface area contributed by atoms with E-state index in [-0.39, 0.29) is 6.04 Å². The van der Waals surface area contributed by atoms with Gasteiger partial charge in [-0.25, -0.2) is 0 Å². The molecule has 1 N–H and O–H groups in total. The van der Waals surface area contributed by atoms with Gasteiger partial charge in [-0.2, -0.15) is 0 Å². The van der Waals surface area contributed by atoms with Gasteiger partial charge in [0.25, 0.3) is 0 Å². The number of aryl methyl sites for hydroxylation is 2. The minimum absolute atomic E-state index is 0.246. The molecule has 2 aromatic carbocycles. The molecule has 0 fully saturated rings. The Bertz CT molecular complexity index is 625. The van der Waals surface area contributed by atoms with E-state index in [4.69, 9.17) is 4.74 Å². The van der Waals surface area contributed by atoms with Gasteiger partial charge in [0.1, 0.15) is 5.75 Å². The summed E-state index contributed by atoms with van der Waals surface area (Å²) in [5.41, 5.74) is 3.87. The highest BCUT2D eigenvalue weighted by Crippen LogP contribution is 2.38. The van der Waals surface area contributed by atoms with Crippen molar-refractivity contribution in [1.82, 2.24) is 5.32 Å². The first kappa shape index (κ1) is 15.9. The molecule has 2 rings (SSSR count). The average molecular weight is 301 g/mol. The van der Waals surface area contributed by atoms with Crippen LogP contribution in [-0.4, -0.2) is 14.2 Å². The van der Waals surface area contributed by atoms with E-state index < -0.39 is 0 Å². The first-order chi connectivity index (χ1) is 10.1. The molecule has 0 saturated carbocycles. The van der Waals surface area contributed by atoms with Crippen molar-refractivity contribution in [2.24, 2.45) is 0 Å². The zero-order valence-electron chi connectivity index (χ0n) is 13.4. The number of methoxy groups -OCH3 is 1. The molecule has 0 aromatic heterocycles. The second-order valence-corrected chi connectivity index (χ2v) is 6.35. The van der Waals surface area contributed by atoms with E-state index >= 15 is 0 Å². The molecular weight excluding hydrogens is 278 g/mol. The minimum Gasteiger partial charge on any atom is -0.496 e. The first-order valence-electron chi connectivity index (χ1n) is 7.16. The zero-order valence-corrected chi connectivity index (χ0v) is 14.2. The summed E-state index contributed by atoms with van der Waals surface area (Å²) in [5, 5.41) is 3.31. The Morgan fingerprint density at radius 2 is 1.86 bits per heavy atom. The number of ether oxygens (including phenoxy) is 1. The van der Waals surface area contributed by atoms with E-state index in [1.807, 2.05) is 19.2 Å². The molecule has 21 heavy (non-hydrogen) atoms. The fourth-order valence-electron chi connectivity index (χ4n) is 2.27. The summed E-state index contributed by atoms with van der Waals surface area (Å²) >= 11 is 1.79. The molecule has 1 unspecified atom stereocenters. The molecule has 0 aliphatic heterocycles. The van der Waals surface area contributed by atoms with Crippen LogP contribution in [0.2, 0.25) is 0 Å². The summed E-state index contributed by atoms with van der Waals surface area (Å²) < 4.78 is 5.54. The molecule has 0 bridgehead atoms. The van der Waals surface area contributed by atoms with Crippen molar-refractivity contribution in [3.8, 4) is 5.75 Å². The van der Waals surface area contributed by atoms with Crippen molar-refractivity contribution in [2.75, 3.05) is 14.2 Å². The van der Waals surface area contributed by atoms with E-state index in [9.17, 15) is 0 Å². The van der Waals surface area contributed by atoms with E-state index in [0.29, 0.717) is 0 Å². The Morgan fingerprint density at radius 3 is 2.48 bits per heavy atom. The number of benzene rings is 2. The number of hydrogen-bond donors (Lipinski definition) is 1. The summed E-state index contributed by atoms with van der Waals surface area (Å²) in [6, 6.07) is 13.1. The lowest BCUT2D eigenvalue weighted by Gasteiger charge is -2.19. The van der Waals surface area contributed by atoms with Crippen LogP contribution in [0, 0.1) is 13.8 Å². The number of nitrogens with one attached hydrogen (secondary N) is 1. The summed E-state index contributed by atoms with van der Waals surface area (Å²) in [5.74, 6) is 0.936. The van der Waals surface area contributed by atoms with Gasteiger partial charge in [-0.1, -0.05) is 23.9 Å². The van der Waals surface area contributed by atoms with Gasteiger partial charge in [0.2, 0.25) is 0 Å². The maximum Gasteiger partial charge on any atom is 0.124 e. The predicted molar refractivity (Wildman–Crippen MR) is 90.5 cm³/mol. The average Bonchev–Trinajstić information content (AvgIpc) is 2.50. The van der Waals surface area contributed by atoms with Crippen LogP contribution >= 0.6 is 11.8 Å².